The summed E-state index contributed by atoms with van der Waals surface area (Å²) in [6.45, 7) is 5.24. The molecule has 7 heteroatoms. The summed E-state index contributed by atoms with van der Waals surface area (Å²) in [6, 6.07) is 8.35. The molecule has 1 aliphatic rings. The van der Waals surface area contributed by atoms with Gasteiger partial charge < -0.3 is 4.84 Å². The standard InChI is InChI=1S/C21H18ClN3O3/c1-4-7-14-10-17(22)19(23-11-14)18(24-28-13(2)3)12-25-20(26)15-8-5-6-9-16(15)21(25)27/h5-6,8-11,13H,12H2,1-3H3. The van der Waals surface area contributed by atoms with Crippen molar-refractivity contribution in [2.24, 2.45) is 5.16 Å². The number of imide groups is 1. The molecule has 142 valence electrons. The summed E-state index contributed by atoms with van der Waals surface area (Å²) in [6.07, 6.45) is 1.37. The van der Waals surface area contributed by atoms with Crippen molar-refractivity contribution in [3.8, 4) is 11.8 Å². The Morgan fingerprint density at radius 1 is 1.25 bits per heavy atom. The van der Waals surface area contributed by atoms with Gasteiger partial charge in [0.2, 0.25) is 0 Å². The molecule has 0 spiro atoms. The fraction of sp³-hybridized carbons (Fsp3) is 0.238. The molecule has 28 heavy (non-hydrogen) atoms. The number of hydrogen-bond donors (Lipinski definition) is 0. The lowest BCUT2D eigenvalue weighted by atomic mass is 10.1. The maximum Gasteiger partial charge on any atom is 0.261 e. The molecule has 6 nitrogen and oxygen atoms in total. The van der Waals surface area contributed by atoms with Crippen LogP contribution in [-0.4, -0.2) is 40.1 Å². The third kappa shape index (κ3) is 3.90. The number of benzene rings is 1. The Morgan fingerprint density at radius 3 is 2.43 bits per heavy atom. The zero-order valence-corrected chi connectivity index (χ0v) is 16.4. The van der Waals surface area contributed by atoms with Crippen LogP contribution in [-0.2, 0) is 4.84 Å². The quantitative estimate of drug-likeness (QED) is 0.336. The van der Waals surface area contributed by atoms with Gasteiger partial charge in [-0.3, -0.25) is 19.5 Å². The molecule has 0 saturated heterocycles. The van der Waals surface area contributed by atoms with Crippen molar-refractivity contribution in [2.45, 2.75) is 26.9 Å². The van der Waals surface area contributed by atoms with Crippen LogP contribution in [0, 0.1) is 11.8 Å². The minimum atomic E-state index is -0.387. The van der Waals surface area contributed by atoms with Crippen LogP contribution in [0.25, 0.3) is 0 Å². The van der Waals surface area contributed by atoms with Gasteiger partial charge in [0, 0.05) is 11.8 Å². The second-order valence-corrected chi connectivity index (χ2v) is 6.77. The van der Waals surface area contributed by atoms with Gasteiger partial charge in [-0.2, -0.15) is 0 Å². The topological polar surface area (TPSA) is 71.9 Å². The predicted molar refractivity (Wildman–Crippen MR) is 106 cm³/mol. The lowest BCUT2D eigenvalue weighted by Crippen LogP contribution is -2.35. The van der Waals surface area contributed by atoms with E-state index in [0.717, 1.165) is 4.90 Å². The van der Waals surface area contributed by atoms with Crippen LogP contribution in [0.15, 0.2) is 41.7 Å². The highest BCUT2D eigenvalue weighted by molar-refractivity contribution is 6.34. The van der Waals surface area contributed by atoms with Crippen LogP contribution in [0.2, 0.25) is 5.02 Å². The maximum atomic E-state index is 12.7. The monoisotopic (exact) mass is 395 g/mol. The number of aromatic nitrogens is 1. The molecule has 2 aromatic rings. The molecule has 2 heterocycles. The number of rotatable bonds is 5. The van der Waals surface area contributed by atoms with Gasteiger partial charge in [0.25, 0.3) is 11.8 Å². The number of hydrogen-bond acceptors (Lipinski definition) is 5. The third-order valence-electron chi connectivity index (χ3n) is 3.94. The van der Waals surface area contributed by atoms with Gasteiger partial charge in [0.15, 0.2) is 0 Å². The summed E-state index contributed by atoms with van der Waals surface area (Å²) < 4.78 is 0. The van der Waals surface area contributed by atoms with Crippen molar-refractivity contribution in [3.63, 3.8) is 0 Å². The molecule has 0 aliphatic carbocycles. The van der Waals surface area contributed by atoms with Crippen LogP contribution in [0.1, 0.15) is 52.7 Å². The molecule has 1 aromatic heterocycles. The Morgan fingerprint density at radius 2 is 1.89 bits per heavy atom. The SMILES string of the molecule is CC#Cc1cnc(C(CN2C(=O)c3ccccc3C2=O)=NOC(C)C)c(Cl)c1. The van der Waals surface area contributed by atoms with Crippen molar-refractivity contribution in [2.75, 3.05) is 6.54 Å². The summed E-state index contributed by atoms with van der Waals surface area (Å²) in [5, 5.41) is 4.42. The van der Waals surface area contributed by atoms with E-state index in [9.17, 15) is 9.59 Å². The zero-order valence-electron chi connectivity index (χ0n) is 15.7. The molecule has 1 aromatic carbocycles. The van der Waals surface area contributed by atoms with Gasteiger partial charge in [-0.1, -0.05) is 34.8 Å². The summed E-state index contributed by atoms with van der Waals surface area (Å²) in [4.78, 5) is 36.1. The van der Waals surface area contributed by atoms with Gasteiger partial charge in [0.05, 0.1) is 22.7 Å². The third-order valence-corrected chi connectivity index (χ3v) is 4.23. The largest absolute Gasteiger partial charge is 0.393 e. The Hall–Kier alpha value is -3.17. The molecule has 0 radical (unpaired) electrons. The smallest absolute Gasteiger partial charge is 0.261 e. The van der Waals surface area contributed by atoms with Crippen LogP contribution in [0.5, 0.6) is 0 Å². The zero-order chi connectivity index (χ0) is 20.3. The first-order valence-corrected chi connectivity index (χ1v) is 9.06. The molecule has 0 fully saturated rings. The second-order valence-electron chi connectivity index (χ2n) is 6.36. The van der Waals surface area contributed by atoms with Crippen LogP contribution in [0.4, 0.5) is 0 Å². The molecular weight excluding hydrogens is 378 g/mol. The molecule has 0 unspecified atom stereocenters. The molecule has 0 saturated carbocycles. The van der Waals surface area contributed by atoms with Crippen LogP contribution in [0.3, 0.4) is 0 Å². The summed E-state index contributed by atoms with van der Waals surface area (Å²) in [5.74, 6) is 4.88. The van der Waals surface area contributed by atoms with E-state index in [4.69, 9.17) is 16.4 Å². The maximum absolute atomic E-state index is 12.7. The van der Waals surface area contributed by atoms with Crippen molar-refractivity contribution < 1.29 is 14.4 Å². The number of nitrogens with zero attached hydrogens (tertiary/aromatic N) is 3. The number of halogens is 1. The van der Waals surface area contributed by atoms with E-state index < -0.39 is 0 Å². The van der Waals surface area contributed by atoms with E-state index in [1.807, 2.05) is 13.8 Å². The van der Waals surface area contributed by atoms with Crippen LogP contribution >= 0.6 is 11.6 Å². The molecular formula is C21H18ClN3O3. The predicted octanol–water partition coefficient (Wildman–Crippen LogP) is 3.53. The number of oxime groups is 1. The number of amides is 2. The van der Waals surface area contributed by atoms with E-state index in [0.29, 0.717) is 27.4 Å². The van der Waals surface area contributed by atoms with Crippen molar-refractivity contribution in [3.05, 3.63) is 63.9 Å². The summed E-state index contributed by atoms with van der Waals surface area (Å²) >= 11 is 6.37. The molecule has 0 N–H and O–H groups in total. The molecule has 0 bridgehead atoms. The highest BCUT2D eigenvalue weighted by Crippen LogP contribution is 2.24. The summed E-state index contributed by atoms with van der Waals surface area (Å²) in [5.41, 5.74) is 2.00. The highest BCUT2D eigenvalue weighted by atomic mass is 35.5. The van der Waals surface area contributed by atoms with E-state index in [-0.39, 0.29) is 30.2 Å². The van der Waals surface area contributed by atoms with Gasteiger partial charge in [-0.15, -0.1) is 5.92 Å². The lowest BCUT2D eigenvalue weighted by Gasteiger charge is -2.16. The van der Waals surface area contributed by atoms with Gasteiger partial charge >= 0.3 is 0 Å². The number of carbonyl (C=O) groups excluding carboxylic acids is 2. The van der Waals surface area contributed by atoms with E-state index in [2.05, 4.69) is 22.0 Å². The minimum absolute atomic E-state index is 0.107. The first kappa shape index (κ1) is 19.6. The lowest BCUT2D eigenvalue weighted by molar-refractivity contribution is 0.0668. The Labute approximate surface area is 168 Å². The summed E-state index contributed by atoms with van der Waals surface area (Å²) in [7, 11) is 0. The number of pyridine rings is 1. The first-order chi connectivity index (χ1) is 13.4. The van der Waals surface area contributed by atoms with E-state index in [1.54, 1.807) is 43.5 Å². The number of fused-ring (bicyclic) bond motifs is 1. The minimum Gasteiger partial charge on any atom is -0.393 e. The van der Waals surface area contributed by atoms with Crippen molar-refractivity contribution >= 4 is 29.1 Å². The molecule has 0 atom stereocenters. The first-order valence-electron chi connectivity index (χ1n) is 8.69. The molecule has 3 rings (SSSR count). The Balaban J connectivity index is 1.96. The normalized spacial score (nSPS) is 13.5. The fourth-order valence-electron chi connectivity index (χ4n) is 2.71. The average Bonchev–Trinajstić information content (AvgIpc) is 2.90. The highest BCUT2D eigenvalue weighted by Gasteiger charge is 2.36. The van der Waals surface area contributed by atoms with Gasteiger partial charge in [-0.05, 0) is 39.0 Å². The molecule has 2 amide bonds. The van der Waals surface area contributed by atoms with Gasteiger partial charge in [-0.25, -0.2) is 0 Å². The van der Waals surface area contributed by atoms with E-state index in [1.165, 1.54) is 0 Å². The second kappa shape index (κ2) is 8.24. The number of carbonyl (C=O) groups is 2. The van der Waals surface area contributed by atoms with Gasteiger partial charge in [0.1, 0.15) is 17.5 Å². The van der Waals surface area contributed by atoms with E-state index >= 15 is 0 Å². The fourth-order valence-corrected chi connectivity index (χ4v) is 2.99. The van der Waals surface area contributed by atoms with Crippen molar-refractivity contribution in [1.82, 2.24) is 9.88 Å². The van der Waals surface area contributed by atoms with Crippen LogP contribution < -0.4 is 0 Å². The van der Waals surface area contributed by atoms with Crippen molar-refractivity contribution in [1.29, 1.82) is 0 Å². The average molecular weight is 396 g/mol. The Bertz CT molecular complexity index is 1000. The molecule has 1 aliphatic heterocycles. The Kier molecular flexibility index (Phi) is 5.76.